The number of fused-ring (bicyclic) bond motifs is 1. The van der Waals surface area contributed by atoms with Gasteiger partial charge in [0.1, 0.15) is 0 Å². The molecule has 31 heavy (non-hydrogen) atoms. The predicted molar refractivity (Wildman–Crippen MR) is 115 cm³/mol. The fraction of sp³-hybridized carbons (Fsp3) is 0.174. The van der Waals surface area contributed by atoms with Crippen molar-refractivity contribution in [2.75, 3.05) is 10.6 Å². The summed E-state index contributed by atoms with van der Waals surface area (Å²) in [6.07, 6.45) is -1.16. The lowest BCUT2D eigenvalue weighted by Crippen LogP contribution is -2.14. The van der Waals surface area contributed by atoms with Gasteiger partial charge in [-0.3, -0.25) is 4.98 Å². The molecule has 0 aliphatic heterocycles. The van der Waals surface area contributed by atoms with E-state index in [0.29, 0.717) is 22.3 Å². The molecule has 0 saturated carbocycles. The van der Waals surface area contributed by atoms with Gasteiger partial charge in [0.25, 0.3) is 0 Å². The monoisotopic (exact) mass is 423 g/mol. The number of nitrogens with zero attached hydrogens (tertiary/aromatic N) is 3. The van der Waals surface area contributed by atoms with Gasteiger partial charge >= 0.3 is 6.18 Å². The number of anilines is 3. The van der Waals surface area contributed by atoms with Crippen molar-refractivity contribution in [2.24, 2.45) is 0 Å². The SMILES string of the molecule is Cc1c([C@@H](C)Nc2nncc3ncc(Nc4ccccc4)cc23)cccc1C(F)(F)F. The van der Waals surface area contributed by atoms with E-state index in [4.69, 9.17) is 0 Å². The van der Waals surface area contributed by atoms with Crippen LogP contribution in [0.25, 0.3) is 10.9 Å². The third-order valence-electron chi connectivity index (χ3n) is 5.07. The van der Waals surface area contributed by atoms with Crippen LogP contribution < -0.4 is 10.6 Å². The van der Waals surface area contributed by atoms with Crippen molar-refractivity contribution in [3.05, 3.63) is 83.7 Å². The largest absolute Gasteiger partial charge is 0.416 e. The van der Waals surface area contributed by atoms with Crippen LogP contribution >= 0.6 is 0 Å². The van der Waals surface area contributed by atoms with Gasteiger partial charge in [-0.1, -0.05) is 30.3 Å². The highest BCUT2D eigenvalue weighted by Crippen LogP contribution is 2.35. The van der Waals surface area contributed by atoms with Crippen LogP contribution in [0.2, 0.25) is 0 Å². The molecule has 8 heteroatoms. The van der Waals surface area contributed by atoms with Crippen molar-refractivity contribution in [3.8, 4) is 0 Å². The molecule has 1 atom stereocenters. The smallest absolute Gasteiger partial charge is 0.361 e. The first-order chi connectivity index (χ1) is 14.8. The zero-order valence-electron chi connectivity index (χ0n) is 16.9. The van der Waals surface area contributed by atoms with Gasteiger partial charge in [-0.2, -0.15) is 18.3 Å². The van der Waals surface area contributed by atoms with E-state index >= 15 is 0 Å². The molecule has 0 radical (unpaired) electrons. The molecule has 158 valence electrons. The number of rotatable bonds is 5. The molecule has 0 spiro atoms. The number of halogens is 3. The number of benzene rings is 2. The van der Waals surface area contributed by atoms with E-state index in [-0.39, 0.29) is 5.56 Å². The van der Waals surface area contributed by atoms with Crippen LogP contribution in [0.3, 0.4) is 0 Å². The summed E-state index contributed by atoms with van der Waals surface area (Å²) in [6, 6.07) is 15.3. The molecular formula is C23H20F3N5. The standard InChI is InChI=1S/C23H20F3N5/c1-14-18(9-6-10-20(14)23(24,25)26)15(2)29-22-19-11-17(12-27-21(19)13-28-31-22)30-16-7-4-3-5-8-16/h3-13,15,30H,1-2H3,(H,29,31)/t15-/m1/s1. The molecule has 2 aromatic carbocycles. The van der Waals surface area contributed by atoms with Crippen molar-refractivity contribution < 1.29 is 13.2 Å². The minimum Gasteiger partial charge on any atom is -0.361 e. The molecule has 5 nitrogen and oxygen atoms in total. The van der Waals surface area contributed by atoms with E-state index in [1.165, 1.54) is 13.0 Å². The number of pyridine rings is 1. The lowest BCUT2D eigenvalue weighted by molar-refractivity contribution is -0.138. The Hall–Kier alpha value is -3.68. The van der Waals surface area contributed by atoms with Crippen LogP contribution in [0.4, 0.5) is 30.4 Å². The Labute approximate surface area is 177 Å². The predicted octanol–water partition coefficient (Wildman–Crippen LogP) is 6.27. The molecule has 4 rings (SSSR count). The molecule has 2 N–H and O–H groups in total. The van der Waals surface area contributed by atoms with Crippen molar-refractivity contribution in [1.29, 1.82) is 0 Å². The maximum atomic E-state index is 13.3. The van der Waals surface area contributed by atoms with E-state index in [0.717, 1.165) is 17.4 Å². The Morgan fingerprint density at radius 3 is 2.45 bits per heavy atom. The second kappa shape index (κ2) is 8.22. The zero-order chi connectivity index (χ0) is 22.0. The van der Waals surface area contributed by atoms with Crippen LogP contribution in [-0.4, -0.2) is 15.2 Å². The normalized spacial score (nSPS) is 12.5. The molecule has 0 aliphatic rings. The molecule has 2 heterocycles. The summed E-state index contributed by atoms with van der Waals surface area (Å²) in [6.45, 7) is 3.27. The van der Waals surface area contributed by atoms with Crippen molar-refractivity contribution in [1.82, 2.24) is 15.2 Å². The zero-order valence-corrected chi connectivity index (χ0v) is 16.9. The maximum Gasteiger partial charge on any atom is 0.416 e. The molecule has 0 fully saturated rings. The number of hydrogen-bond acceptors (Lipinski definition) is 5. The summed E-state index contributed by atoms with van der Waals surface area (Å²) in [4.78, 5) is 4.43. The highest BCUT2D eigenvalue weighted by Gasteiger charge is 2.33. The van der Waals surface area contributed by atoms with Crippen LogP contribution in [0.15, 0.2) is 67.0 Å². The Morgan fingerprint density at radius 2 is 1.71 bits per heavy atom. The van der Waals surface area contributed by atoms with Crippen LogP contribution in [0, 0.1) is 6.92 Å². The summed E-state index contributed by atoms with van der Waals surface area (Å²) in [7, 11) is 0. The highest BCUT2D eigenvalue weighted by atomic mass is 19.4. The van der Waals surface area contributed by atoms with Gasteiger partial charge in [0, 0.05) is 11.1 Å². The number of nitrogens with one attached hydrogen (secondary N) is 2. The fourth-order valence-electron chi connectivity index (χ4n) is 3.54. The lowest BCUT2D eigenvalue weighted by atomic mass is 9.97. The average Bonchev–Trinajstić information content (AvgIpc) is 2.74. The Kier molecular flexibility index (Phi) is 5.46. The minimum atomic E-state index is -4.40. The van der Waals surface area contributed by atoms with Gasteiger partial charge < -0.3 is 10.6 Å². The fourth-order valence-corrected chi connectivity index (χ4v) is 3.54. The third kappa shape index (κ3) is 4.42. The highest BCUT2D eigenvalue weighted by molar-refractivity contribution is 5.91. The molecule has 4 aromatic rings. The van der Waals surface area contributed by atoms with Gasteiger partial charge in [-0.05, 0) is 49.2 Å². The summed E-state index contributed by atoms with van der Waals surface area (Å²) < 4.78 is 39.9. The quantitative estimate of drug-likeness (QED) is 0.396. The number of alkyl halides is 3. The Balaban J connectivity index is 1.66. The van der Waals surface area contributed by atoms with Crippen molar-refractivity contribution >= 4 is 28.1 Å². The Bertz CT molecular complexity index is 1210. The van der Waals surface area contributed by atoms with Crippen LogP contribution in [0.1, 0.15) is 29.7 Å². The topological polar surface area (TPSA) is 62.7 Å². The van der Waals surface area contributed by atoms with Crippen molar-refractivity contribution in [3.63, 3.8) is 0 Å². The van der Waals surface area contributed by atoms with Crippen LogP contribution in [0.5, 0.6) is 0 Å². The van der Waals surface area contributed by atoms with E-state index in [1.807, 2.05) is 36.4 Å². The van der Waals surface area contributed by atoms with Crippen LogP contribution in [-0.2, 0) is 6.18 Å². The average molecular weight is 423 g/mol. The molecule has 0 saturated heterocycles. The first kappa shape index (κ1) is 20.6. The number of para-hydroxylation sites is 1. The number of aromatic nitrogens is 3. The molecule has 0 bridgehead atoms. The molecule has 0 amide bonds. The number of hydrogen-bond donors (Lipinski definition) is 2. The van der Waals surface area contributed by atoms with Gasteiger partial charge in [-0.25, -0.2) is 0 Å². The van der Waals surface area contributed by atoms with Gasteiger partial charge in [-0.15, -0.1) is 5.10 Å². The molecule has 2 aromatic heterocycles. The first-order valence-electron chi connectivity index (χ1n) is 9.69. The molecule has 0 aliphatic carbocycles. The van der Waals surface area contributed by atoms with E-state index < -0.39 is 17.8 Å². The molecule has 0 unspecified atom stereocenters. The van der Waals surface area contributed by atoms with Gasteiger partial charge in [0.05, 0.1) is 35.2 Å². The van der Waals surface area contributed by atoms with Crippen molar-refractivity contribution in [2.45, 2.75) is 26.1 Å². The lowest BCUT2D eigenvalue weighted by Gasteiger charge is -2.20. The summed E-state index contributed by atoms with van der Waals surface area (Å²) >= 11 is 0. The van der Waals surface area contributed by atoms with Gasteiger partial charge in [0.2, 0.25) is 0 Å². The minimum absolute atomic E-state index is 0.188. The van der Waals surface area contributed by atoms with E-state index in [2.05, 4.69) is 25.8 Å². The first-order valence-corrected chi connectivity index (χ1v) is 9.69. The van der Waals surface area contributed by atoms with E-state index in [9.17, 15) is 13.2 Å². The third-order valence-corrected chi connectivity index (χ3v) is 5.07. The summed E-state index contributed by atoms with van der Waals surface area (Å²) in [5, 5.41) is 15.3. The second-order valence-corrected chi connectivity index (χ2v) is 7.22. The summed E-state index contributed by atoms with van der Waals surface area (Å²) in [5.74, 6) is 0.450. The maximum absolute atomic E-state index is 13.3. The molecular weight excluding hydrogens is 403 g/mol. The van der Waals surface area contributed by atoms with E-state index in [1.54, 1.807) is 25.4 Å². The Morgan fingerprint density at radius 1 is 0.935 bits per heavy atom. The summed E-state index contributed by atoms with van der Waals surface area (Å²) in [5.41, 5.74) is 2.39. The van der Waals surface area contributed by atoms with Gasteiger partial charge in [0.15, 0.2) is 5.82 Å². The second-order valence-electron chi connectivity index (χ2n) is 7.22.